The van der Waals surface area contributed by atoms with Crippen LogP contribution in [0, 0.1) is 0 Å². The molecule has 0 aromatic carbocycles. The molecule has 9 heteroatoms. The normalized spacial score (nSPS) is 21.4. The van der Waals surface area contributed by atoms with Crippen molar-refractivity contribution in [2.45, 2.75) is 18.6 Å². The summed E-state index contributed by atoms with van der Waals surface area (Å²) < 4.78 is 0. The van der Waals surface area contributed by atoms with Crippen LogP contribution in [-0.2, 0) is 9.59 Å². The van der Waals surface area contributed by atoms with Crippen molar-refractivity contribution in [3.63, 3.8) is 0 Å². The minimum Gasteiger partial charge on any atom is -0.480 e. The number of carboxylic acids is 1. The predicted octanol–water partition coefficient (Wildman–Crippen LogP) is -2.11. The summed E-state index contributed by atoms with van der Waals surface area (Å²) in [5, 5.41) is 22.7. The van der Waals surface area contributed by atoms with E-state index in [-0.39, 0.29) is 19.1 Å². The number of nitrogens with zero attached hydrogens (tertiary/aromatic N) is 2. The number of amides is 3. The lowest BCUT2D eigenvalue weighted by atomic mass is 10.2. The van der Waals surface area contributed by atoms with Crippen molar-refractivity contribution in [1.29, 1.82) is 0 Å². The summed E-state index contributed by atoms with van der Waals surface area (Å²) in [4.78, 5) is 37.0. The number of rotatable bonds is 6. The summed E-state index contributed by atoms with van der Waals surface area (Å²) in [5.74, 6) is -1.72. The van der Waals surface area contributed by atoms with Gasteiger partial charge in [-0.15, -0.1) is 0 Å². The fraction of sp³-hybridized carbons (Fsp3) is 0.750. The third kappa shape index (κ3) is 5.96. The molecule has 1 heterocycles. The van der Waals surface area contributed by atoms with Crippen molar-refractivity contribution in [3.05, 3.63) is 0 Å². The molecule has 0 bridgehead atoms. The van der Waals surface area contributed by atoms with E-state index in [0.717, 1.165) is 0 Å². The summed E-state index contributed by atoms with van der Waals surface area (Å²) in [5.41, 5.74) is 0. The van der Waals surface area contributed by atoms with E-state index in [1.165, 1.54) is 4.90 Å². The second-order valence-corrected chi connectivity index (χ2v) is 5.29. The van der Waals surface area contributed by atoms with Crippen LogP contribution in [0.4, 0.5) is 4.79 Å². The fourth-order valence-corrected chi connectivity index (χ4v) is 2.23. The molecule has 1 saturated heterocycles. The highest BCUT2D eigenvalue weighted by atomic mass is 16.4. The summed E-state index contributed by atoms with van der Waals surface area (Å²) in [6.45, 7) is 0.0601. The topological polar surface area (TPSA) is 122 Å². The van der Waals surface area contributed by atoms with Gasteiger partial charge in [-0.3, -0.25) is 9.59 Å². The number of carboxylic acid groups (broad SMARTS) is 1. The van der Waals surface area contributed by atoms with Gasteiger partial charge in [-0.2, -0.15) is 0 Å². The molecule has 0 spiro atoms. The molecule has 120 valence electrons. The molecule has 2 atom stereocenters. The minimum atomic E-state index is -1.15. The van der Waals surface area contributed by atoms with Crippen LogP contribution >= 0.6 is 0 Å². The zero-order valence-corrected chi connectivity index (χ0v) is 12.2. The Morgan fingerprint density at radius 3 is 2.48 bits per heavy atom. The molecule has 1 aliphatic heterocycles. The highest BCUT2D eigenvalue weighted by Crippen LogP contribution is 2.18. The van der Waals surface area contributed by atoms with Gasteiger partial charge in [0.2, 0.25) is 5.91 Å². The van der Waals surface area contributed by atoms with Gasteiger partial charge in [0.1, 0.15) is 6.54 Å². The molecule has 4 N–H and O–H groups in total. The van der Waals surface area contributed by atoms with E-state index in [1.807, 2.05) is 19.0 Å². The Morgan fingerprint density at radius 2 is 1.90 bits per heavy atom. The zero-order chi connectivity index (χ0) is 16.0. The van der Waals surface area contributed by atoms with Crippen molar-refractivity contribution >= 4 is 17.9 Å². The summed E-state index contributed by atoms with van der Waals surface area (Å²) in [6, 6.07) is -0.555. The van der Waals surface area contributed by atoms with E-state index in [2.05, 4.69) is 10.6 Å². The largest absolute Gasteiger partial charge is 0.480 e. The van der Waals surface area contributed by atoms with Crippen LogP contribution in [0.3, 0.4) is 0 Å². The van der Waals surface area contributed by atoms with Crippen LogP contribution in [0.5, 0.6) is 0 Å². The maximum absolute atomic E-state index is 12.0. The highest BCUT2D eigenvalue weighted by molar-refractivity contribution is 5.86. The number of urea groups is 1. The average Bonchev–Trinajstić information content (AvgIpc) is 2.73. The van der Waals surface area contributed by atoms with Gasteiger partial charge in [0.05, 0.1) is 12.6 Å². The first kappa shape index (κ1) is 17.2. The Balaban J connectivity index is 2.42. The van der Waals surface area contributed by atoms with Crippen LogP contribution in [0.1, 0.15) is 6.42 Å². The number of nitrogens with one attached hydrogen (secondary N) is 2. The summed E-state index contributed by atoms with van der Waals surface area (Å²) in [7, 11) is 3.75. The molecule has 0 saturated carbocycles. The fourth-order valence-electron chi connectivity index (χ4n) is 2.23. The van der Waals surface area contributed by atoms with Gasteiger partial charge in [-0.05, 0) is 20.5 Å². The average molecular weight is 302 g/mol. The molecule has 1 fully saturated rings. The second kappa shape index (κ2) is 7.79. The summed E-state index contributed by atoms with van der Waals surface area (Å²) >= 11 is 0. The molecular formula is C12H22N4O5. The lowest BCUT2D eigenvalue weighted by Gasteiger charge is -2.26. The maximum Gasteiger partial charge on any atom is 0.322 e. The van der Waals surface area contributed by atoms with Gasteiger partial charge in [-0.25, -0.2) is 4.79 Å². The number of aliphatic hydroxyl groups excluding tert-OH is 1. The molecular weight excluding hydrogens is 280 g/mol. The Labute approximate surface area is 122 Å². The number of β-amino-alcohol motifs (C(OH)–C–C–N with tert-alkyl or cyclic N) is 1. The van der Waals surface area contributed by atoms with Crippen molar-refractivity contribution in [1.82, 2.24) is 20.4 Å². The smallest absolute Gasteiger partial charge is 0.322 e. The molecule has 3 amide bonds. The number of aliphatic carboxylic acids is 1. The number of likely N-dealkylation sites (N-methyl/N-ethyl adjacent to an activating group) is 1. The Bertz CT molecular complexity index is 401. The van der Waals surface area contributed by atoms with E-state index in [9.17, 15) is 19.5 Å². The standard InChI is InChI=1S/C12H22N4O5/c1-15(2)6-8-3-9(17)7-16(8)12(21)14-4-10(18)13-5-11(19)20/h8-9,17H,3-7H2,1-2H3,(H,13,18)(H,14,21)(H,19,20). The Kier molecular flexibility index (Phi) is 6.38. The summed E-state index contributed by atoms with van der Waals surface area (Å²) in [6.07, 6.45) is -0.0712. The monoisotopic (exact) mass is 302 g/mol. The molecule has 9 nitrogen and oxygen atoms in total. The Hall–Kier alpha value is -1.87. The van der Waals surface area contributed by atoms with Gasteiger partial charge in [0, 0.05) is 19.1 Å². The lowest BCUT2D eigenvalue weighted by molar-refractivity contribution is -0.137. The molecule has 0 aromatic heterocycles. The second-order valence-electron chi connectivity index (χ2n) is 5.29. The van der Waals surface area contributed by atoms with Crippen molar-refractivity contribution < 1.29 is 24.6 Å². The van der Waals surface area contributed by atoms with Crippen molar-refractivity contribution in [3.8, 4) is 0 Å². The van der Waals surface area contributed by atoms with Gasteiger partial charge in [-0.1, -0.05) is 0 Å². The number of aliphatic hydroxyl groups is 1. The van der Waals surface area contributed by atoms with Gasteiger partial charge in [0.25, 0.3) is 0 Å². The minimum absolute atomic E-state index is 0.114. The van der Waals surface area contributed by atoms with Gasteiger partial charge in [0.15, 0.2) is 0 Å². The van der Waals surface area contributed by atoms with Gasteiger partial charge >= 0.3 is 12.0 Å². The molecule has 0 aromatic rings. The SMILES string of the molecule is CN(C)CC1CC(O)CN1C(=O)NCC(=O)NCC(=O)O. The molecule has 1 aliphatic rings. The highest BCUT2D eigenvalue weighted by Gasteiger charge is 2.34. The lowest BCUT2D eigenvalue weighted by Crippen LogP contribution is -2.49. The Morgan fingerprint density at radius 1 is 1.24 bits per heavy atom. The number of hydrogen-bond donors (Lipinski definition) is 4. The number of carbonyl (C=O) groups is 3. The van der Waals surface area contributed by atoms with Crippen LogP contribution in [0.25, 0.3) is 0 Å². The van der Waals surface area contributed by atoms with Crippen LogP contribution in [-0.4, -0.2) is 90.3 Å². The van der Waals surface area contributed by atoms with E-state index >= 15 is 0 Å². The first-order valence-electron chi connectivity index (χ1n) is 6.65. The van der Waals surface area contributed by atoms with Crippen LogP contribution in [0.2, 0.25) is 0 Å². The quantitative estimate of drug-likeness (QED) is 0.445. The van der Waals surface area contributed by atoms with Crippen LogP contribution < -0.4 is 10.6 Å². The van der Waals surface area contributed by atoms with E-state index in [1.54, 1.807) is 0 Å². The molecule has 0 aliphatic carbocycles. The van der Waals surface area contributed by atoms with Gasteiger partial charge < -0.3 is 30.6 Å². The van der Waals surface area contributed by atoms with E-state index in [4.69, 9.17) is 5.11 Å². The molecule has 21 heavy (non-hydrogen) atoms. The number of hydrogen-bond acceptors (Lipinski definition) is 5. The van der Waals surface area contributed by atoms with Crippen molar-refractivity contribution in [2.75, 3.05) is 40.3 Å². The van der Waals surface area contributed by atoms with Crippen molar-refractivity contribution in [2.24, 2.45) is 0 Å². The third-order valence-corrected chi connectivity index (χ3v) is 3.07. The molecule has 2 unspecified atom stereocenters. The predicted molar refractivity (Wildman–Crippen MR) is 73.7 cm³/mol. The number of carbonyl (C=O) groups excluding carboxylic acids is 2. The zero-order valence-electron chi connectivity index (χ0n) is 12.2. The first-order chi connectivity index (χ1) is 9.79. The van der Waals surface area contributed by atoms with Crippen LogP contribution in [0.15, 0.2) is 0 Å². The number of likely N-dealkylation sites (tertiary alicyclic amines) is 1. The maximum atomic E-state index is 12.0. The first-order valence-corrected chi connectivity index (χ1v) is 6.65. The van der Waals surface area contributed by atoms with E-state index < -0.39 is 30.6 Å². The third-order valence-electron chi connectivity index (χ3n) is 3.07. The molecule has 0 radical (unpaired) electrons. The molecule has 1 rings (SSSR count). The van der Waals surface area contributed by atoms with E-state index in [0.29, 0.717) is 13.0 Å².